The third kappa shape index (κ3) is 7.57. The van der Waals surface area contributed by atoms with Crippen molar-refractivity contribution < 1.29 is 8.42 Å². The summed E-state index contributed by atoms with van der Waals surface area (Å²) in [6.07, 6.45) is 4.12. The fourth-order valence-electron chi connectivity index (χ4n) is 2.63. The van der Waals surface area contributed by atoms with Crippen LogP contribution in [0.3, 0.4) is 0 Å². The molecule has 0 saturated carbocycles. The normalized spacial score (nSPS) is 19.1. The van der Waals surface area contributed by atoms with Crippen LogP contribution in [0.4, 0.5) is 0 Å². The Labute approximate surface area is 124 Å². The summed E-state index contributed by atoms with van der Waals surface area (Å²) in [5.74, 6) is 0.639. The van der Waals surface area contributed by atoms with Crippen LogP contribution in [0.15, 0.2) is 0 Å². The number of sulfone groups is 1. The summed E-state index contributed by atoms with van der Waals surface area (Å²) in [5, 5.41) is 0. The molecule has 0 aromatic rings. The van der Waals surface area contributed by atoms with Gasteiger partial charge in [0.25, 0.3) is 0 Å². The highest BCUT2D eigenvalue weighted by atomic mass is 32.2. The van der Waals surface area contributed by atoms with Crippen molar-refractivity contribution in [2.75, 3.05) is 57.3 Å². The van der Waals surface area contributed by atoms with Crippen LogP contribution >= 0.6 is 0 Å². The van der Waals surface area contributed by atoms with E-state index in [0.29, 0.717) is 18.1 Å². The van der Waals surface area contributed by atoms with E-state index in [4.69, 9.17) is 5.73 Å². The lowest BCUT2D eigenvalue weighted by molar-refractivity contribution is 0.260. The summed E-state index contributed by atoms with van der Waals surface area (Å²) in [7, 11) is -2.84. The van der Waals surface area contributed by atoms with Crippen molar-refractivity contribution in [2.45, 2.75) is 32.6 Å². The van der Waals surface area contributed by atoms with Crippen LogP contribution in [-0.2, 0) is 9.84 Å². The molecule has 0 aromatic carbocycles. The van der Waals surface area contributed by atoms with Gasteiger partial charge in [-0.3, -0.25) is 0 Å². The van der Waals surface area contributed by atoms with E-state index in [1.807, 2.05) is 6.92 Å². The Kier molecular flexibility index (Phi) is 8.68. The summed E-state index contributed by atoms with van der Waals surface area (Å²) in [4.78, 5) is 4.78. The zero-order valence-electron chi connectivity index (χ0n) is 12.9. The van der Waals surface area contributed by atoms with Gasteiger partial charge in [0.2, 0.25) is 0 Å². The zero-order chi connectivity index (χ0) is 14.8. The van der Waals surface area contributed by atoms with Crippen LogP contribution in [0.25, 0.3) is 0 Å². The maximum Gasteiger partial charge on any atom is 0.151 e. The van der Waals surface area contributed by atoms with Crippen LogP contribution in [0, 0.1) is 0 Å². The van der Waals surface area contributed by atoms with Gasteiger partial charge >= 0.3 is 0 Å². The highest BCUT2D eigenvalue weighted by Gasteiger charge is 2.17. The molecule has 1 aliphatic heterocycles. The maximum atomic E-state index is 11.7. The van der Waals surface area contributed by atoms with E-state index in [1.54, 1.807) is 0 Å². The van der Waals surface area contributed by atoms with E-state index in [9.17, 15) is 8.42 Å². The second-order valence-electron chi connectivity index (χ2n) is 5.68. The van der Waals surface area contributed by atoms with Crippen LogP contribution in [0.1, 0.15) is 32.6 Å². The molecular formula is C14H31N3O2S. The van der Waals surface area contributed by atoms with Crippen LogP contribution in [-0.4, -0.2) is 75.5 Å². The topological polar surface area (TPSA) is 66.6 Å². The molecule has 5 nitrogen and oxygen atoms in total. The monoisotopic (exact) mass is 305 g/mol. The predicted molar refractivity (Wildman–Crippen MR) is 84.7 cm³/mol. The molecule has 20 heavy (non-hydrogen) atoms. The third-order valence-electron chi connectivity index (χ3n) is 3.84. The molecule has 0 aliphatic carbocycles. The molecule has 0 spiro atoms. The zero-order valence-corrected chi connectivity index (χ0v) is 13.7. The molecule has 6 heteroatoms. The fraction of sp³-hybridized carbons (Fsp3) is 1.00. The summed E-state index contributed by atoms with van der Waals surface area (Å²) in [6.45, 7) is 8.70. The molecule has 0 unspecified atom stereocenters. The molecule has 0 radical (unpaired) electrons. The maximum absolute atomic E-state index is 11.7. The SMILES string of the molecule is CCCS(=O)(=O)CCN1CCCN(CCCCN)CC1. The number of hydrogen-bond donors (Lipinski definition) is 1. The van der Waals surface area contributed by atoms with Gasteiger partial charge in [0.05, 0.1) is 5.75 Å². The highest BCUT2D eigenvalue weighted by molar-refractivity contribution is 7.91. The first-order valence-corrected chi connectivity index (χ1v) is 9.74. The minimum absolute atomic E-state index is 0.314. The van der Waals surface area contributed by atoms with E-state index in [0.717, 1.165) is 58.5 Å². The summed E-state index contributed by atoms with van der Waals surface area (Å²) < 4.78 is 23.5. The number of unbranched alkanes of at least 4 members (excludes halogenated alkanes) is 1. The van der Waals surface area contributed by atoms with Crippen molar-refractivity contribution in [1.29, 1.82) is 0 Å². The highest BCUT2D eigenvalue weighted by Crippen LogP contribution is 2.05. The quantitative estimate of drug-likeness (QED) is 0.631. The Morgan fingerprint density at radius 1 is 0.950 bits per heavy atom. The Balaban J connectivity index is 2.26. The Hall–Kier alpha value is -0.170. The third-order valence-corrected chi connectivity index (χ3v) is 5.68. The fourth-order valence-corrected chi connectivity index (χ4v) is 4.00. The van der Waals surface area contributed by atoms with E-state index in [1.165, 1.54) is 6.42 Å². The predicted octanol–water partition coefficient (Wildman–Crippen LogP) is 0.558. The number of hydrogen-bond acceptors (Lipinski definition) is 5. The van der Waals surface area contributed by atoms with Gasteiger partial charge in [0.1, 0.15) is 0 Å². The van der Waals surface area contributed by atoms with E-state index < -0.39 is 9.84 Å². The minimum Gasteiger partial charge on any atom is -0.330 e. The molecule has 0 atom stereocenters. The van der Waals surface area contributed by atoms with Crippen LogP contribution in [0.2, 0.25) is 0 Å². The molecule has 0 aromatic heterocycles. The first kappa shape index (κ1) is 17.9. The second kappa shape index (κ2) is 9.71. The smallest absolute Gasteiger partial charge is 0.151 e. The Morgan fingerprint density at radius 2 is 1.60 bits per heavy atom. The molecule has 2 N–H and O–H groups in total. The van der Waals surface area contributed by atoms with E-state index >= 15 is 0 Å². The summed E-state index contributed by atoms with van der Waals surface area (Å²) >= 11 is 0. The largest absolute Gasteiger partial charge is 0.330 e. The molecule has 1 rings (SSSR count). The lowest BCUT2D eigenvalue weighted by Crippen LogP contribution is -2.34. The van der Waals surface area contributed by atoms with Gasteiger partial charge in [-0.1, -0.05) is 6.92 Å². The Morgan fingerprint density at radius 3 is 2.20 bits per heavy atom. The van der Waals surface area contributed by atoms with Crippen molar-refractivity contribution >= 4 is 9.84 Å². The first-order valence-electron chi connectivity index (χ1n) is 7.92. The van der Waals surface area contributed by atoms with E-state index in [-0.39, 0.29) is 0 Å². The molecule has 1 aliphatic rings. The van der Waals surface area contributed by atoms with Gasteiger partial charge in [-0.15, -0.1) is 0 Å². The van der Waals surface area contributed by atoms with Crippen molar-refractivity contribution in [2.24, 2.45) is 5.73 Å². The number of nitrogens with zero attached hydrogens (tertiary/aromatic N) is 2. The molecule has 0 amide bonds. The average molecular weight is 305 g/mol. The lowest BCUT2D eigenvalue weighted by atomic mass is 10.3. The lowest BCUT2D eigenvalue weighted by Gasteiger charge is -2.21. The van der Waals surface area contributed by atoms with Crippen LogP contribution < -0.4 is 5.73 Å². The van der Waals surface area contributed by atoms with Crippen molar-refractivity contribution in [1.82, 2.24) is 9.80 Å². The molecule has 1 fully saturated rings. The van der Waals surface area contributed by atoms with Gasteiger partial charge < -0.3 is 15.5 Å². The standard InChI is InChI=1S/C14H31N3O2S/c1-2-13-20(18,19)14-12-17-9-5-8-16(10-11-17)7-4-3-6-15/h2-15H2,1H3. The van der Waals surface area contributed by atoms with Gasteiger partial charge in [0.15, 0.2) is 9.84 Å². The summed E-state index contributed by atoms with van der Waals surface area (Å²) in [6, 6.07) is 0. The minimum atomic E-state index is -2.84. The first-order chi connectivity index (χ1) is 9.57. The van der Waals surface area contributed by atoms with Gasteiger partial charge in [-0.05, 0) is 51.9 Å². The van der Waals surface area contributed by atoms with Crippen LogP contribution in [0.5, 0.6) is 0 Å². The molecular weight excluding hydrogens is 274 g/mol. The van der Waals surface area contributed by atoms with Gasteiger partial charge in [0, 0.05) is 25.4 Å². The molecule has 0 bridgehead atoms. The van der Waals surface area contributed by atoms with Crippen molar-refractivity contribution in [3.63, 3.8) is 0 Å². The second-order valence-corrected chi connectivity index (χ2v) is 7.99. The average Bonchev–Trinajstić information content (AvgIpc) is 2.62. The van der Waals surface area contributed by atoms with Gasteiger partial charge in [-0.2, -0.15) is 0 Å². The molecule has 120 valence electrons. The number of nitrogens with two attached hydrogens (primary N) is 1. The van der Waals surface area contributed by atoms with E-state index in [2.05, 4.69) is 9.80 Å². The Bertz CT molecular complexity index is 346. The summed E-state index contributed by atoms with van der Waals surface area (Å²) in [5.41, 5.74) is 5.52. The number of rotatable bonds is 9. The van der Waals surface area contributed by atoms with Gasteiger partial charge in [-0.25, -0.2) is 8.42 Å². The molecule has 1 saturated heterocycles. The molecule has 1 heterocycles. The van der Waals surface area contributed by atoms with Crippen molar-refractivity contribution in [3.05, 3.63) is 0 Å². The van der Waals surface area contributed by atoms with Crippen molar-refractivity contribution in [3.8, 4) is 0 Å².